The second kappa shape index (κ2) is 8.44. The Morgan fingerprint density at radius 1 is 1.22 bits per heavy atom. The number of amides is 4. The Kier molecular flexibility index (Phi) is 5.63. The molecule has 8 nitrogen and oxygen atoms in total. The number of carbonyl (C=O) groups is 3. The topological polar surface area (TPSA) is 83.1 Å². The van der Waals surface area contributed by atoms with E-state index >= 15 is 0 Å². The number of thiazole rings is 1. The normalized spacial score (nSPS) is 23.0. The maximum absolute atomic E-state index is 13.5. The molecule has 2 saturated heterocycles. The zero-order chi connectivity index (χ0) is 22.3. The van der Waals surface area contributed by atoms with Gasteiger partial charge in [-0.05, 0) is 37.8 Å². The number of para-hydroxylation sites is 1. The minimum Gasteiger partial charge on any atom is -0.376 e. The highest BCUT2D eigenvalue weighted by Crippen LogP contribution is 2.39. The van der Waals surface area contributed by atoms with Crippen LogP contribution in [-0.2, 0) is 14.3 Å². The lowest BCUT2D eigenvalue weighted by Gasteiger charge is -2.35. The molecule has 1 aliphatic carbocycles. The fourth-order valence-electron chi connectivity index (χ4n) is 5.15. The van der Waals surface area contributed by atoms with E-state index in [0.717, 1.165) is 47.2 Å². The molecule has 0 bridgehead atoms. The number of nitrogens with zero attached hydrogens (tertiary/aromatic N) is 4. The van der Waals surface area contributed by atoms with Crippen molar-refractivity contribution in [1.82, 2.24) is 14.8 Å². The first-order chi connectivity index (χ1) is 15.5. The number of rotatable bonds is 5. The summed E-state index contributed by atoms with van der Waals surface area (Å²) in [4.78, 5) is 48.8. The quantitative estimate of drug-likeness (QED) is 0.644. The molecular formula is C23H28N4O4S. The van der Waals surface area contributed by atoms with Crippen molar-refractivity contribution in [3.63, 3.8) is 0 Å². The number of imide groups is 1. The molecule has 2 aromatic rings. The SMILES string of the molecule is CN1C(=O)N(CC(=O)N(CC2CCCO2)c2nc3ccccc3s2)C(=O)C12CCCCC2. The van der Waals surface area contributed by atoms with Crippen LogP contribution in [0.1, 0.15) is 44.9 Å². The van der Waals surface area contributed by atoms with Crippen LogP contribution in [0.25, 0.3) is 10.2 Å². The summed E-state index contributed by atoms with van der Waals surface area (Å²) in [6.07, 6.45) is 6.01. The Bertz CT molecular complexity index is 1010. The van der Waals surface area contributed by atoms with Gasteiger partial charge in [0.05, 0.1) is 22.9 Å². The molecule has 0 radical (unpaired) electrons. The number of benzene rings is 1. The van der Waals surface area contributed by atoms with Crippen LogP contribution >= 0.6 is 11.3 Å². The predicted octanol–water partition coefficient (Wildman–Crippen LogP) is 3.41. The number of carbonyl (C=O) groups excluding carboxylic acids is 3. The number of hydrogen-bond donors (Lipinski definition) is 0. The molecule has 1 aromatic heterocycles. The van der Waals surface area contributed by atoms with E-state index in [4.69, 9.17) is 4.74 Å². The van der Waals surface area contributed by atoms with E-state index in [1.54, 1.807) is 16.8 Å². The van der Waals surface area contributed by atoms with E-state index in [1.165, 1.54) is 11.3 Å². The minimum absolute atomic E-state index is 0.0664. The molecule has 3 aliphatic rings. The number of likely N-dealkylation sites (N-methyl/N-ethyl adjacent to an activating group) is 1. The fourth-order valence-corrected chi connectivity index (χ4v) is 6.14. The van der Waals surface area contributed by atoms with Gasteiger partial charge >= 0.3 is 6.03 Å². The lowest BCUT2D eigenvalue weighted by molar-refractivity contribution is -0.136. The van der Waals surface area contributed by atoms with Gasteiger partial charge in [0.25, 0.3) is 5.91 Å². The Morgan fingerprint density at radius 3 is 2.72 bits per heavy atom. The molecular weight excluding hydrogens is 428 g/mol. The average molecular weight is 457 g/mol. The lowest BCUT2D eigenvalue weighted by Crippen LogP contribution is -2.50. The Labute approximate surface area is 191 Å². The number of anilines is 1. The van der Waals surface area contributed by atoms with Crippen molar-refractivity contribution in [2.24, 2.45) is 0 Å². The molecule has 3 fully saturated rings. The van der Waals surface area contributed by atoms with Crippen LogP contribution in [0.3, 0.4) is 0 Å². The summed E-state index contributed by atoms with van der Waals surface area (Å²) >= 11 is 1.44. The van der Waals surface area contributed by atoms with Crippen molar-refractivity contribution >= 4 is 44.5 Å². The third kappa shape index (κ3) is 3.57. The Balaban J connectivity index is 1.41. The highest BCUT2D eigenvalue weighted by Gasteiger charge is 2.56. The van der Waals surface area contributed by atoms with Gasteiger partial charge in [0.15, 0.2) is 5.13 Å². The van der Waals surface area contributed by atoms with Gasteiger partial charge in [-0.3, -0.25) is 19.4 Å². The van der Waals surface area contributed by atoms with Gasteiger partial charge in [-0.25, -0.2) is 9.78 Å². The fraction of sp³-hybridized carbons (Fsp3) is 0.565. The largest absolute Gasteiger partial charge is 0.376 e. The highest BCUT2D eigenvalue weighted by molar-refractivity contribution is 7.22. The van der Waals surface area contributed by atoms with Crippen LogP contribution in [0.5, 0.6) is 0 Å². The van der Waals surface area contributed by atoms with E-state index in [2.05, 4.69) is 4.98 Å². The van der Waals surface area contributed by atoms with Crippen molar-refractivity contribution < 1.29 is 19.1 Å². The molecule has 1 aromatic carbocycles. The van der Waals surface area contributed by atoms with E-state index in [0.29, 0.717) is 31.1 Å². The first-order valence-electron chi connectivity index (χ1n) is 11.4. The number of urea groups is 1. The zero-order valence-corrected chi connectivity index (χ0v) is 19.1. The van der Waals surface area contributed by atoms with Gasteiger partial charge in [-0.15, -0.1) is 0 Å². The molecule has 170 valence electrons. The summed E-state index contributed by atoms with van der Waals surface area (Å²) in [5.74, 6) is -0.540. The van der Waals surface area contributed by atoms with E-state index in [1.807, 2.05) is 24.3 Å². The average Bonchev–Trinajstić information content (AvgIpc) is 3.52. The summed E-state index contributed by atoms with van der Waals surface area (Å²) in [7, 11) is 1.69. The van der Waals surface area contributed by atoms with Crippen molar-refractivity contribution in [3.05, 3.63) is 24.3 Å². The smallest absolute Gasteiger partial charge is 0.327 e. The van der Waals surface area contributed by atoms with E-state index in [9.17, 15) is 14.4 Å². The third-order valence-electron chi connectivity index (χ3n) is 7.00. The Morgan fingerprint density at radius 2 is 2.00 bits per heavy atom. The minimum atomic E-state index is -0.787. The van der Waals surface area contributed by atoms with Gasteiger partial charge in [0.2, 0.25) is 5.91 Å². The first kappa shape index (κ1) is 21.3. The highest BCUT2D eigenvalue weighted by atomic mass is 32.1. The Hall–Kier alpha value is -2.52. The summed E-state index contributed by atoms with van der Waals surface area (Å²) in [5, 5.41) is 0.575. The molecule has 5 rings (SSSR count). The molecule has 4 amide bonds. The summed E-state index contributed by atoms with van der Waals surface area (Å²) in [5.41, 5.74) is 0.0390. The van der Waals surface area contributed by atoms with Gasteiger partial charge in [0, 0.05) is 13.7 Å². The van der Waals surface area contributed by atoms with Gasteiger partial charge in [0.1, 0.15) is 12.1 Å². The standard InChI is InChI=1S/C23H28N4O4S/c1-25-22(30)27(20(29)23(25)11-5-2-6-12-23)15-19(28)26(14-16-8-7-13-31-16)21-24-17-9-3-4-10-18(17)32-21/h3-4,9-10,16H,2,5-8,11-15H2,1H3. The van der Waals surface area contributed by atoms with Crippen molar-refractivity contribution in [3.8, 4) is 0 Å². The molecule has 1 saturated carbocycles. The maximum Gasteiger partial charge on any atom is 0.327 e. The second-order valence-electron chi connectivity index (χ2n) is 8.93. The second-order valence-corrected chi connectivity index (χ2v) is 9.94. The van der Waals surface area contributed by atoms with Crippen LogP contribution in [0.2, 0.25) is 0 Å². The maximum atomic E-state index is 13.5. The zero-order valence-electron chi connectivity index (χ0n) is 18.3. The number of fused-ring (bicyclic) bond motifs is 1. The predicted molar refractivity (Wildman–Crippen MR) is 122 cm³/mol. The van der Waals surface area contributed by atoms with Crippen LogP contribution in [0, 0.1) is 0 Å². The summed E-state index contributed by atoms with van der Waals surface area (Å²) in [6, 6.07) is 7.36. The van der Waals surface area contributed by atoms with Crippen molar-refractivity contribution in [2.45, 2.75) is 56.6 Å². The van der Waals surface area contributed by atoms with Crippen LogP contribution < -0.4 is 4.90 Å². The molecule has 1 atom stereocenters. The van der Waals surface area contributed by atoms with Crippen molar-refractivity contribution in [2.75, 3.05) is 31.6 Å². The van der Waals surface area contributed by atoms with Gasteiger partial charge in [-0.1, -0.05) is 42.7 Å². The van der Waals surface area contributed by atoms with Crippen LogP contribution in [0.15, 0.2) is 24.3 Å². The van der Waals surface area contributed by atoms with Crippen LogP contribution in [0.4, 0.5) is 9.93 Å². The molecule has 9 heteroatoms. The monoisotopic (exact) mass is 456 g/mol. The molecule has 32 heavy (non-hydrogen) atoms. The molecule has 0 N–H and O–H groups in total. The number of aromatic nitrogens is 1. The number of ether oxygens (including phenoxy) is 1. The first-order valence-corrected chi connectivity index (χ1v) is 12.2. The van der Waals surface area contributed by atoms with Crippen molar-refractivity contribution in [1.29, 1.82) is 0 Å². The van der Waals surface area contributed by atoms with E-state index < -0.39 is 5.54 Å². The van der Waals surface area contributed by atoms with Gasteiger partial charge in [-0.2, -0.15) is 0 Å². The van der Waals surface area contributed by atoms with E-state index in [-0.39, 0.29) is 30.5 Å². The van der Waals surface area contributed by atoms with Gasteiger partial charge < -0.3 is 9.64 Å². The molecule has 1 spiro atoms. The molecule has 2 aliphatic heterocycles. The summed E-state index contributed by atoms with van der Waals surface area (Å²) < 4.78 is 6.76. The molecule has 1 unspecified atom stereocenters. The number of hydrogen-bond acceptors (Lipinski definition) is 6. The summed E-state index contributed by atoms with van der Waals surface area (Å²) in [6.45, 7) is 0.783. The lowest BCUT2D eigenvalue weighted by atomic mass is 9.81. The molecule has 3 heterocycles. The van der Waals surface area contributed by atoms with Crippen LogP contribution in [-0.4, -0.2) is 71.0 Å². The third-order valence-corrected chi connectivity index (χ3v) is 8.06.